The van der Waals surface area contributed by atoms with Crippen LogP contribution in [-0.4, -0.2) is 18.5 Å². The normalized spacial score (nSPS) is 12.3. The Hall–Kier alpha value is -2.83. The van der Waals surface area contributed by atoms with Crippen molar-refractivity contribution in [2.75, 3.05) is 6.61 Å². The molecule has 27 heavy (non-hydrogen) atoms. The van der Waals surface area contributed by atoms with Crippen LogP contribution in [0.1, 0.15) is 47.3 Å². The van der Waals surface area contributed by atoms with Gasteiger partial charge in [0.05, 0.1) is 17.2 Å². The monoisotopic (exact) mass is 379 g/mol. The van der Waals surface area contributed by atoms with Crippen LogP contribution in [-0.2, 0) is 15.7 Å². The first-order chi connectivity index (χ1) is 12.8. The van der Waals surface area contributed by atoms with E-state index >= 15 is 0 Å². The highest BCUT2D eigenvalue weighted by Crippen LogP contribution is 2.32. The minimum absolute atomic E-state index is 0.259. The van der Waals surface area contributed by atoms with Gasteiger partial charge in [0.15, 0.2) is 6.61 Å². The van der Waals surface area contributed by atoms with Gasteiger partial charge < -0.3 is 10.1 Å². The van der Waals surface area contributed by atoms with Gasteiger partial charge in [0, 0.05) is 0 Å². The summed E-state index contributed by atoms with van der Waals surface area (Å²) in [7, 11) is 0. The maximum absolute atomic E-state index is 13.0. The van der Waals surface area contributed by atoms with E-state index in [0.29, 0.717) is 6.42 Å². The van der Waals surface area contributed by atoms with Crippen LogP contribution in [0.25, 0.3) is 0 Å². The van der Waals surface area contributed by atoms with E-state index in [0.717, 1.165) is 24.1 Å². The Kier molecular flexibility index (Phi) is 6.98. The van der Waals surface area contributed by atoms with Crippen LogP contribution in [0.4, 0.5) is 13.2 Å². The van der Waals surface area contributed by atoms with Crippen molar-refractivity contribution in [1.29, 1.82) is 0 Å². The molecule has 144 valence electrons. The number of nitrogens with one attached hydrogen (secondary N) is 1. The minimum atomic E-state index is -4.68. The van der Waals surface area contributed by atoms with E-state index in [1.807, 2.05) is 37.3 Å². The molecule has 0 radical (unpaired) electrons. The van der Waals surface area contributed by atoms with Crippen molar-refractivity contribution in [2.24, 2.45) is 0 Å². The number of hydrogen-bond donors (Lipinski definition) is 1. The number of carbonyl (C=O) groups is 2. The highest BCUT2D eigenvalue weighted by atomic mass is 19.4. The zero-order chi connectivity index (χ0) is 19.9. The van der Waals surface area contributed by atoms with E-state index < -0.39 is 35.8 Å². The Balaban J connectivity index is 2.00. The summed E-state index contributed by atoms with van der Waals surface area (Å²) in [5, 5.41) is 2.75. The van der Waals surface area contributed by atoms with Gasteiger partial charge in [0.2, 0.25) is 0 Å². The quantitative estimate of drug-likeness (QED) is 0.720. The number of carbonyl (C=O) groups excluding carboxylic acids is 2. The van der Waals surface area contributed by atoms with Gasteiger partial charge in [-0.2, -0.15) is 13.2 Å². The molecule has 2 aromatic carbocycles. The first-order valence-corrected chi connectivity index (χ1v) is 8.50. The summed E-state index contributed by atoms with van der Waals surface area (Å²) in [5.74, 6) is -1.76. The number of benzene rings is 2. The lowest BCUT2D eigenvalue weighted by atomic mass is 10.0. The summed E-state index contributed by atoms with van der Waals surface area (Å²) in [6.45, 7) is 1.31. The summed E-state index contributed by atoms with van der Waals surface area (Å²) in [6.07, 6.45) is -3.18. The summed E-state index contributed by atoms with van der Waals surface area (Å²) >= 11 is 0. The fraction of sp³-hybridized carbons (Fsp3) is 0.300. The van der Waals surface area contributed by atoms with Crippen LogP contribution >= 0.6 is 0 Å². The van der Waals surface area contributed by atoms with E-state index in [2.05, 4.69) is 5.32 Å². The van der Waals surface area contributed by atoms with Gasteiger partial charge >= 0.3 is 12.1 Å². The molecule has 1 N–H and O–H groups in total. The molecule has 0 aromatic heterocycles. The van der Waals surface area contributed by atoms with E-state index in [4.69, 9.17) is 4.74 Å². The molecule has 4 nitrogen and oxygen atoms in total. The lowest BCUT2D eigenvalue weighted by Crippen LogP contribution is -2.32. The van der Waals surface area contributed by atoms with Gasteiger partial charge in [-0.05, 0) is 24.1 Å². The number of esters is 1. The topological polar surface area (TPSA) is 55.4 Å². The Morgan fingerprint density at radius 2 is 1.67 bits per heavy atom. The van der Waals surface area contributed by atoms with Crippen LogP contribution in [0.15, 0.2) is 54.6 Å². The first-order valence-electron chi connectivity index (χ1n) is 8.50. The number of ether oxygens (including phenoxy) is 1. The van der Waals surface area contributed by atoms with Gasteiger partial charge in [0.1, 0.15) is 0 Å². The Bertz CT molecular complexity index is 776. The molecule has 2 rings (SSSR count). The Morgan fingerprint density at radius 1 is 1.04 bits per heavy atom. The van der Waals surface area contributed by atoms with Gasteiger partial charge in [-0.25, -0.2) is 4.79 Å². The summed E-state index contributed by atoms with van der Waals surface area (Å²) < 4.78 is 43.7. The molecule has 0 saturated carbocycles. The molecule has 0 aliphatic carbocycles. The zero-order valence-corrected chi connectivity index (χ0v) is 14.8. The predicted octanol–water partition coefficient (Wildman–Crippen LogP) is 4.52. The summed E-state index contributed by atoms with van der Waals surface area (Å²) in [4.78, 5) is 24.1. The molecule has 2 aromatic rings. The maximum Gasteiger partial charge on any atom is 0.417 e. The van der Waals surface area contributed by atoms with Crippen molar-refractivity contribution in [3.05, 3.63) is 71.3 Å². The smallest absolute Gasteiger partial charge is 0.417 e. The van der Waals surface area contributed by atoms with Crippen molar-refractivity contribution in [3.8, 4) is 0 Å². The minimum Gasteiger partial charge on any atom is -0.452 e. The fourth-order valence-electron chi connectivity index (χ4n) is 2.65. The van der Waals surface area contributed by atoms with Gasteiger partial charge in [-0.15, -0.1) is 0 Å². The Morgan fingerprint density at radius 3 is 2.30 bits per heavy atom. The first kappa shape index (κ1) is 20.5. The third kappa shape index (κ3) is 5.84. The molecular formula is C20H20F3NO3. The van der Waals surface area contributed by atoms with Crippen LogP contribution in [0.5, 0.6) is 0 Å². The fourth-order valence-corrected chi connectivity index (χ4v) is 2.65. The molecule has 1 amide bonds. The molecule has 1 atom stereocenters. The van der Waals surface area contributed by atoms with Crippen molar-refractivity contribution in [2.45, 2.75) is 32.0 Å². The molecule has 0 unspecified atom stereocenters. The second kappa shape index (κ2) is 9.21. The lowest BCUT2D eigenvalue weighted by molar-refractivity contribution is -0.138. The van der Waals surface area contributed by atoms with Crippen molar-refractivity contribution in [3.63, 3.8) is 0 Å². The standard InChI is InChI=1S/C20H20F3NO3/c1-2-8-17(14-9-4-3-5-10-14)24-18(25)13-27-19(26)15-11-6-7-12-16(15)20(21,22)23/h3-7,9-12,17H,2,8,13H2,1H3,(H,24,25)/t17-/m0/s1. The van der Waals surface area contributed by atoms with E-state index in [9.17, 15) is 22.8 Å². The Labute approximate surface area is 155 Å². The number of halogens is 3. The molecule has 0 bridgehead atoms. The predicted molar refractivity (Wildman–Crippen MR) is 94.0 cm³/mol. The second-order valence-corrected chi connectivity index (χ2v) is 5.94. The molecular weight excluding hydrogens is 359 g/mol. The third-order valence-corrected chi connectivity index (χ3v) is 3.90. The van der Waals surface area contributed by atoms with Crippen molar-refractivity contribution >= 4 is 11.9 Å². The van der Waals surface area contributed by atoms with Crippen LogP contribution < -0.4 is 5.32 Å². The lowest BCUT2D eigenvalue weighted by Gasteiger charge is -2.19. The molecule has 0 fully saturated rings. The second-order valence-electron chi connectivity index (χ2n) is 5.94. The highest BCUT2D eigenvalue weighted by molar-refractivity contribution is 5.93. The van der Waals surface area contributed by atoms with Crippen LogP contribution in [0.3, 0.4) is 0 Å². The summed E-state index contributed by atoms with van der Waals surface area (Å²) in [6, 6.07) is 13.3. The number of alkyl halides is 3. The molecule has 0 saturated heterocycles. The number of amides is 1. The van der Waals surface area contributed by atoms with Crippen molar-refractivity contribution in [1.82, 2.24) is 5.32 Å². The molecule has 0 aliphatic heterocycles. The molecule has 0 heterocycles. The van der Waals surface area contributed by atoms with Crippen LogP contribution in [0, 0.1) is 0 Å². The number of rotatable bonds is 7. The molecule has 0 spiro atoms. The molecule has 0 aliphatic rings. The van der Waals surface area contributed by atoms with E-state index in [-0.39, 0.29) is 6.04 Å². The SMILES string of the molecule is CCC[C@H](NC(=O)COC(=O)c1ccccc1C(F)(F)F)c1ccccc1. The summed E-state index contributed by atoms with van der Waals surface area (Å²) in [5.41, 5.74) is -0.809. The zero-order valence-electron chi connectivity index (χ0n) is 14.8. The average molecular weight is 379 g/mol. The largest absolute Gasteiger partial charge is 0.452 e. The van der Waals surface area contributed by atoms with Crippen LogP contribution in [0.2, 0.25) is 0 Å². The number of hydrogen-bond acceptors (Lipinski definition) is 3. The average Bonchev–Trinajstić information content (AvgIpc) is 2.66. The van der Waals surface area contributed by atoms with Gasteiger partial charge in [-0.1, -0.05) is 55.8 Å². The van der Waals surface area contributed by atoms with E-state index in [1.54, 1.807) is 0 Å². The van der Waals surface area contributed by atoms with Crippen molar-refractivity contribution < 1.29 is 27.5 Å². The maximum atomic E-state index is 13.0. The van der Waals surface area contributed by atoms with Gasteiger partial charge in [-0.3, -0.25) is 4.79 Å². The molecule has 7 heteroatoms. The highest BCUT2D eigenvalue weighted by Gasteiger charge is 2.35. The van der Waals surface area contributed by atoms with E-state index in [1.165, 1.54) is 12.1 Å². The van der Waals surface area contributed by atoms with Gasteiger partial charge in [0.25, 0.3) is 5.91 Å². The third-order valence-electron chi connectivity index (χ3n) is 3.90.